The highest BCUT2D eigenvalue weighted by atomic mass is 19.1. The van der Waals surface area contributed by atoms with Crippen LogP contribution in [0.5, 0.6) is 0 Å². The molecule has 1 fully saturated rings. The molecule has 1 saturated heterocycles. The number of amides is 1. The topological polar surface area (TPSA) is 96.0 Å². The number of imidazole rings is 1. The molecule has 3 heterocycles. The zero-order valence-electron chi connectivity index (χ0n) is 22.0. The van der Waals surface area contributed by atoms with E-state index in [1.54, 1.807) is 17.0 Å². The second-order valence-electron chi connectivity index (χ2n) is 10.2. The van der Waals surface area contributed by atoms with E-state index in [0.717, 1.165) is 40.7 Å². The first-order valence-electron chi connectivity index (χ1n) is 13.5. The van der Waals surface area contributed by atoms with Crippen LogP contribution in [0.1, 0.15) is 41.1 Å². The fourth-order valence-electron chi connectivity index (χ4n) is 5.37. The van der Waals surface area contributed by atoms with Crippen LogP contribution in [0, 0.1) is 5.82 Å². The minimum atomic E-state index is -0.361. The molecular formula is C31H30FN5O3. The molecule has 2 aromatic heterocycles. The van der Waals surface area contributed by atoms with Gasteiger partial charge in [-0.3, -0.25) is 9.89 Å². The summed E-state index contributed by atoms with van der Waals surface area (Å²) < 4.78 is 20.5. The Kier molecular flexibility index (Phi) is 7.18. The van der Waals surface area contributed by atoms with Crippen molar-refractivity contribution >= 4 is 17.1 Å². The number of nitrogens with one attached hydrogen (secondary N) is 2. The lowest BCUT2D eigenvalue weighted by Crippen LogP contribution is -2.39. The van der Waals surface area contributed by atoms with Crippen molar-refractivity contribution in [2.75, 3.05) is 13.1 Å². The Hall–Kier alpha value is -4.66. The molecule has 6 rings (SSSR count). The van der Waals surface area contributed by atoms with Gasteiger partial charge in [-0.2, -0.15) is 4.68 Å². The van der Waals surface area contributed by atoms with Crippen molar-refractivity contribution in [2.45, 2.75) is 38.2 Å². The van der Waals surface area contributed by atoms with Crippen molar-refractivity contribution in [2.24, 2.45) is 0 Å². The van der Waals surface area contributed by atoms with Crippen LogP contribution in [0.2, 0.25) is 0 Å². The highest BCUT2D eigenvalue weighted by molar-refractivity contribution is 5.75. The lowest BCUT2D eigenvalue weighted by Gasteiger charge is -2.32. The number of ether oxygens (including phenoxy) is 1. The monoisotopic (exact) mass is 539 g/mol. The molecule has 0 radical (unpaired) electrons. The van der Waals surface area contributed by atoms with Crippen molar-refractivity contribution in [3.8, 4) is 5.95 Å². The van der Waals surface area contributed by atoms with Gasteiger partial charge in [-0.05, 0) is 61.1 Å². The lowest BCUT2D eigenvalue weighted by molar-refractivity contribution is 0.0855. The molecule has 1 aliphatic heterocycles. The third-order valence-electron chi connectivity index (χ3n) is 7.48. The van der Waals surface area contributed by atoms with Gasteiger partial charge in [0.2, 0.25) is 5.95 Å². The van der Waals surface area contributed by atoms with Crippen molar-refractivity contribution in [3.63, 3.8) is 0 Å². The number of carbonyl (C=O) groups excluding carboxylic acids is 1. The summed E-state index contributed by atoms with van der Waals surface area (Å²) in [5, 5.41) is 3.33. The molecule has 204 valence electrons. The number of hydrogen-bond donors (Lipinski definition) is 2. The Bertz CT molecular complexity index is 1640. The van der Waals surface area contributed by atoms with Crippen molar-refractivity contribution < 1.29 is 13.9 Å². The molecule has 5 aromatic rings. The van der Waals surface area contributed by atoms with E-state index in [1.807, 2.05) is 54.6 Å². The van der Waals surface area contributed by atoms with Crippen molar-refractivity contribution in [1.82, 2.24) is 24.6 Å². The number of piperidine rings is 1. The van der Waals surface area contributed by atoms with Crippen LogP contribution in [0.25, 0.3) is 17.0 Å². The molecule has 2 N–H and O–H groups in total. The number of aromatic nitrogens is 4. The molecule has 0 aliphatic carbocycles. The number of nitrogens with zero attached hydrogens (tertiary/aromatic N) is 3. The standard InChI is InChI=1S/C31H30FN5O3/c32-24-15-12-21(13-16-24)14-17-25-28(35-37(29(25)38)30-33-26-10-4-5-11-27(26)34-30)23-9-6-18-36(19-23)31(39)40-20-22-7-2-1-3-8-22/h1-5,7-8,10-13,15-16,23,35H,6,9,14,17-20H2,(H,33,34). The lowest BCUT2D eigenvalue weighted by atomic mass is 9.91. The maximum absolute atomic E-state index is 13.8. The first-order chi connectivity index (χ1) is 19.5. The van der Waals surface area contributed by atoms with Gasteiger partial charge in [0, 0.05) is 30.3 Å². The number of para-hydroxylation sites is 2. The van der Waals surface area contributed by atoms with E-state index in [1.165, 1.54) is 16.8 Å². The zero-order valence-corrected chi connectivity index (χ0v) is 22.0. The highest BCUT2D eigenvalue weighted by Gasteiger charge is 2.30. The second-order valence-corrected chi connectivity index (χ2v) is 10.2. The Morgan fingerprint density at radius 1 is 0.975 bits per heavy atom. The Balaban J connectivity index is 1.27. The maximum Gasteiger partial charge on any atom is 0.410 e. The normalized spacial score (nSPS) is 15.4. The smallest absolute Gasteiger partial charge is 0.410 e. The number of aromatic amines is 2. The predicted octanol–water partition coefficient (Wildman–Crippen LogP) is 5.48. The van der Waals surface area contributed by atoms with E-state index in [9.17, 15) is 14.0 Å². The van der Waals surface area contributed by atoms with Gasteiger partial charge in [0.25, 0.3) is 5.56 Å². The van der Waals surface area contributed by atoms with Crippen LogP contribution in [-0.2, 0) is 24.2 Å². The summed E-state index contributed by atoms with van der Waals surface area (Å²) in [4.78, 5) is 36.3. The predicted molar refractivity (Wildman–Crippen MR) is 150 cm³/mol. The van der Waals surface area contributed by atoms with Crippen LogP contribution in [0.4, 0.5) is 9.18 Å². The third kappa shape index (κ3) is 5.40. The summed E-state index contributed by atoms with van der Waals surface area (Å²) in [5.74, 6) is 0.0507. The summed E-state index contributed by atoms with van der Waals surface area (Å²) in [7, 11) is 0. The van der Waals surface area contributed by atoms with Crippen molar-refractivity contribution in [1.29, 1.82) is 0 Å². The molecule has 1 amide bonds. The first-order valence-corrected chi connectivity index (χ1v) is 13.5. The van der Waals surface area contributed by atoms with Gasteiger partial charge in [0.1, 0.15) is 12.4 Å². The molecule has 1 atom stereocenters. The molecule has 0 bridgehead atoms. The van der Waals surface area contributed by atoms with E-state index >= 15 is 0 Å². The van der Waals surface area contributed by atoms with Gasteiger partial charge < -0.3 is 14.6 Å². The number of carbonyl (C=O) groups is 1. The molecule has 9 heteroatoms. The number of H-pyrrole nitrogens is 2. The van der Waals surface area contributed by atoms with Gasteiger partial charge in [-0.15, -0.1) is 0 Å². The van der Waals surface area contributed by atoms with Gasteiger partial charge in [-0.1, -0.05) is 54.6 Å². The summed E-state index contributed by atoms with van der Waals surface area (Å²) in [5.41, 5.74) is 4.73. The SMILES string of the molecule is O=C(OCc1ccccc1)N1CCCC(c2[nH]n(-c3nc4ccccc4[nH]3)c(=O)c2CCc2ccc(F)cc2)C1. The van der Waals surface area contributed by atoms with E-state index < -0.39 is 0 Å². The molecule has 3 aromatic carbocycles. The molecule has 1 aliphatic rings. The molecule has 0 saturated carbocycles. The van der Waals surface area contributed by atoms with Gasteiger partial charge in [0.15, 0.2) is 0 Å². The van der Waals surface area contributed by atoms with E-state index in [0.29, 0.717) is 37.4 Å². The van der Waals surface area contributed by atoms with Crippen LogP contribution < -0.4 is 5.56 Å². The van der Waals surface area contributed by atoms with Crippen LogP contribution in [0.15, 0.2) is 83.7 Å². The molecule has 1 unspecified atom stereocenters. The highest BCUT2D eigenvalue weighted by Crippen LogP contribution is 2.29. The van der Waals surface area contributed by atoms with E-state index in [2.05, 4.69) is 15.1 Å². The summed E-state index contributed by atoms with van der Waals surface area (Å²) in [6.07, 6.45) is 2.31. The molecule has 40 heavy (non-hydrogen) atoms. The second kappa shape index (κ2) is 11.2. The minimum Gasteiger partial charge on any atom is -0.445 e. The van der Waals surface area contributed by atoms with Crippen LogP contribution in [0.3, 0.4) is 0 Å². The Morgan fingerprint density at radius 3 is 2.55 bits per heavy atom. The maximum atomic E-state index is 13.8. The van der Waals surface area contributed by atoms with Crippen LogP contribution in [-0.4, -0.2) is 43.8 Å². The summed E-state index contributed by atoms with van der Waals surface area (Å²) >= 11 is 0. The Labute approximate surface area is 230 Å². The fourth-order valence-corrected chi connectivity index (χ4v) is 5.37. The molecular weight excluding hydrogens is 509 g/mol. The number of benzene rings is 3. The minimum absolute atomic E-state index is 0.0698. The average molecular weight is 540 g/mol. The van der Waals surface area contributed by atoms with Gasteiger partial charge in [0.05, 0.1) is 11.0 Å². The van der Waals surface area contributed by atoms with Gasteiger partial charge in [-0.25, -0.2) is 14.2 Å². The third-order valence-corrected chi connectivity index (χ3v) is 7.48. The molecule has 8 nitrogen and oxygen atoms in total. The fraction of sp³-hybridized carbons (Fsp3) is 0.258. The number of hydrogen-bond acceptors (Lipinski definition) is 4. The number of halogens is 1. The van der Waals surface area contributed by atoms with E-state index in [4.69, 9.17) is 4.74 Å². The molecule has 0 spiro atoms. The number of aryl methyl sites for hydroxylation is 1. The number of fused-ring (bicyclic) bond motifs is 1. The number of rotatable bonds is 7. The Morgan fingerprint density at radius 2 is 1.75 bits per heavy atom. The number of likely N-dealkylation sites (tertiary alicyclic amines) is 1. The average Bonchev–Trinajstić information content (AvgIpc) is 3.57. The quantitative estimate of drug-likeness (QED) is 0.286. The van der Waals surface area contributed by atoms with Gasteiger partial charge >= 0.3 is 6.09 Å². The van der Waals surface area contributed by atoms with E-state index in [-0.39, 0.29) is 30.0 Å². The first kappa shape index (κ1) is 25.6. The largest absolute Gasteiger partial charge is 0.445 e. The summed E-state index contributed by atoms with van der Waals surface area (Å²) in [6.45, 7) is 1.25. The zero-order chi connectivity index (χ0) is 27.5. The van der Waals surface area contributed by atoms with Crippen molar-refractivity contribution in [3.05, 3.63) is 117 Å². The summed E-state index contributed by atoms with van der Waals surface area (Å²) in [6, 6.07) is 23.5. The van der Waals surface area contributed by atoms with Crippen LogP contribution >= 0.6 is 0 Å².